The van der Waals surface area contributed by atoms with Crippen molar-refractivity contribution in [3.63, 3.8) is 0 Å². The van der Waals surface area contributed by atoms with Gasteiger partial charge in [-0.2, -0.15) is 0 Å². The fourth-order valence-electron chi connectivity index (χ4n) is 2.01. The van der Waals surface area contributed by atoms with Crippen molar-refractivity contribution in [2.45, 2.75) is 23.1 Å². The molecule has 3 atom stereocenters. The molecular weight excluding hydrogens is 289 g/mol. The van der Waals surface area contributed by atoms with Crippen molar-refractivity contribution in [3.05, 3.63) is 59.9 Å². The van der Waals surface area contributed by atoms with Gasteiger partial charge in [0.05, 0.1) is 23.2 Å². The van der Waals surface area contributed by atoms with Crippen molar-refractivity contribution in [1.29, 1.82) is 0 Å². The van der Waals surface area contributed by atoms with Crippen molar-refractivity contribution in [1.82, 2.24) is 0 Å². The van der Waals surface area contributed by atoms with E-state index in [1.165, 1.54) is 24.3 Å². The highest BCUT2D eigenvalue weighted by molar-refractivity contribution is 7.85. The summed E-state index contributed by atoms with van der Waals surface area (Å²) in [5.41, 5.74) is 7.08. The molecule has 112 valence electrons. The van der Waals surface area contributed by atoms with Gasteiger partial charge in [-0.25, -0.2) is 4.39 Å². The number of halogens is 1. The molecule has 2 aromatic rings. The molecule has 0 amide bonds. The first-order valence-corrected chi connectivity index (χ1v) is 7.80. The smallest absolute Gasteiger partial charge is 0.123 e. The Bertz CT molecular complexity index is 613. The minimum atomic E-state index is -1.30. The maximum atomic E-state index is 12.9. The monoisotopic (exact) mass is 307 g/mol. The highest BCUT2D eigenvalue weighted by atomic mass is 32.2. The van der Waals surface area contributed by atoms with E-state index in [2.05, 4.69) is 0 Å². The quantitative estimate of drug-likeness (QED) is 0.924. The Hall–Kier alpha value is -1.72. The lowest BCUT2D eigenvalue weighted by Gasteiger charge is -2.20. The van der Waals surface area contributed by atoms with Crippen LogP contribution in [-0.2, 0) is 10.8 Å². The summed E-state index contributed by atoms with van der Waals surface area (Å²) in [7, 11) is 0.301. The van der Waals surface area contributed by atoms with E-state index < -0.39 is 10.8 Å². The molecule has 2 rings (SSSR count). The zero-order chi connectivity index (χ0) is 15.4. The van der Waals surface area contributed by atoms with Crippen LogP contribution in [0.2, 0.25) is 0 Å². The SMILES string of the molecule is COc1ccc(C(N)C(C)S(=O)c2ccc(F)cc2)cc1. The van der Waals surface area contributed by atoms with Gasteiger partial charge < -0.3 is 10.5 Å². The molecule has 0 aromatic heterocycles. The van der Waals surface area contributed by atoms with Crippen LogP contribution in [0.1, 0.15) is 18.5 Å². The van der Waals surface area contributed by atoms with Gasteiger partial charge in [-0.15, -0.1) is 0 Å². The number of rotatable bonds is 5. The topological polar surface area (TPSA) is 52.3 Å². The van der Waals surface area contributed by atoms with E-state index in [9.17, 15) is 8.60 Å². The Morgan fingerprint density at radius 1 is 1.10 bits per heavy atom. The molecule has 2 aromatic carbocycles. The van der Waals surface area contributed by atoms with Crippen molar-refractivity contribution in [2.24, 2.45) is 5.73 Å². The second kappa shape index (κ2) is 6.83. The molecule has 0 spiro atoms. The molecule has 0 fully saturated rings. The number of benzene rings is 2. The lowest BCUT2D eigenvalue weighted by Crippen LogP contribution is -2.27. The number of ether oxygens (including phenoxy) is 1. The molecule has 0 saturated heterocycles. The van der Waals surface area contributed by atoms with Crippen molar-refractivity contribution in [2.75, 3.05) is 7.11 Å². The first kappa shape index (κ1) is 15.7. The molecule has 5 heteroatoms. The van der Waals surface area contributed by atoms with Gasteiger partial charge in [0.25, 0.3) is 0 Å². The standard InChI is InChI=1S/C16H18FNO2S/c1-11(21(19)15-9-5-13(17)6-10-15)16(18)12-3-7-14(20-2)8-4-12/h3-11,16H,18H2,1-2H3. The van der Waals surface area contributed by atoms with E-state index in [0.29, 0.717) is 4.90 Å². The number of hydrogen-bond acceptors (Lipinski definition) is 3. The van der Waals surface area contributed by atoms with Crippen LogP contribution >= 0.6 is 0 Å². The van der Waals surface area contributed by atoms with E-state index >= 15 is 0 Å². The van der Waals surface area contributed by atoms with Gasteiger partial charge in [0.2, 0.25) is 0 Å². The van der Waals surface area contributed by atoms with Crippen LogP contribution in [0, 0.1) is 5.82 Å². The summed E-state index contributed by atoms with van der Waals surface area (Å²) in [5, 5.41) is -0.288. The maximum Gasteiger partial charge on any atom is 0.123 e. The molecule has 0 aliphatic rings. The van der Waals surface area contributed by atoms with Crippen LogP contribution in [0.4, 0.5) is 4.39 Å². The molecule has 0 radical (unpaired) electrons. The molecule has 21 heavy (non-hydrogen) atoms. The normalized spacial score (nSPS) is 15.2. The van der Waals surface area contributed by atoms with E-state index in [4.69, 9.17) is 10.5 Å². The molecule has 0 aliphatic heterocycles. The summed E-state index contributed by atoms with van der Waals surface area (Å²) in [6.07, 6.45) is 0. The predicted molar refractivity (Wildman–Crippen MR) is 82.2 cm³/mol. The van der Waals surface area contributed by atoms with Gasteiger partial charge in [0.1, 0.15) is 11.6 Å². The number of methoxy groups -OCH3 is 1. The molecule has 3 unspecified atom stereocenters. The van der Waals surface area contributed by atoms with Crippen molar-refractivity contribution in [3.8, 4) is 5.75 Å². The zero-order valence-corrected chi connectivity index (χ0v) is 12.8. The molecule has 3 nitrogen and oxygen atoms in total. The average Bonchev–Trinajstić information content (AvgIpc) is 2.53. The maximum absolute atomic E-state index is 12.9. The van der Waals surface area contributed by atoms with Gasteiger partial charge in [-0.1, -0.05) is 12.1 Å². The van der Waals surface area contributed by atoms with Crippen LogP contribution in [0.3, 0.4) is 0 Å². The molecule has 0 saturated carbocycles. The molecule has 0 heterocycles. The molecule has 0 bridgehead atoms. The minimum Gasteiger partial charge on any atom is -0.497 e. The third-order valence-electron chi connectivity index (χ3n) is 3.39. The lowest BCUT2D eigenvalue weighted by atomic mass is 10.1. The first-order chi connectivity index (χ1) is 10.0. The summed E-state index contributed by atoms with van der Waals surface area (Å²) >= 11 is 0. The van der Waals surface area contributed by atoms with E-state index in [1.807, 2.05) is 31.2 Å². The van der Waals surface area contributed by atoms with Gasteiger partial charge in [-0.3, -0.25) is 4.21 Å². The number of nitrogens with two attached hydrogens (primary N) is 1. The second-order valence-corrected chi connectivity index (χ2v) is 6.57. The summed E-state index contributed by atoms with van der Waals surface area (Å²) in [4.78, 5) is 0.577. The van der Waals surface area contributed by atoms with Crippen molar-refractivity contribution < 1.29 is 13.3 Å². The summed E-state index contributed by atoms with van der Waals surface area (Å²) < 4.78 is 30.5. The fourth-order valence-corrected chi connectivity index (χ4v) is 3.27. The van der Waals surface area contributed by atoms with Gasteiger partial charge in [0, 0.05) is 10.9 Å². The Labute approximate surface area is 126 Å². The molecule has 0 aliphatic carbocycles. The summed E-state index contributed by atoms with van der Waals surface area (Å²) in [6.45, 7) is 1.83. The van der Waals surface area contributed by atoms with Crippen LogP contribution in [0.25, 0.3) is 0 Å². The average molecular weight is 307 g/mol. The highest BCUT2D eigenvalue weighted by Crippen LogP contribution is 2.24. The third kappa shape index (κ3) is 3.68. The van der Waals surface area contributed by atoms with Gasteiger partial charge in [-0.05, 0) is 48.9 Å². The Balaban J connectivity index is 2.15. The predicted octanol–water partition coefficient (Wildman–Crippen LogP) is 3.03. The van der Waals surface area contributed by atoms with E-state index in [0.717, 1.165) is 11.3 Å². The fraction of sp³-hybridized carbons (Fsp3) is 0.250. The second-order valence-electron chi connectivity index (χ2n) is 4.76. The Kier molecular flexibility index (Phi) is 5.09. The summed E-state index contributed by atoms with van der Waals surface area (Å²) in [6, 6.07) is 12.7. The first-order valence-electron chi connectivity index (χ1n) is 6.58. The van der Waals surface area contributed by atoms with Crippen molar-refractivity contribution >= 4 is 10.8 Å². The van der Waals surface area contributed by atoms with Crippen LogP contribution in [-0.4, -0.2) is 16.6 Å². The van der Waals surface area contributed by atoms with Crippen LogP contribution in [0.5, 0.6) is 5.75 Å². The third-order valence-corrected chi connectivity index (χ3v) is 5.10. The molecular formula is C16H18FNO2S. The van der Waals surface area contributed by atoms with Gasteiger partial charge >= 0.3 is 0 Å². The Morgan fingerprint density at radius 3 is 2.19 bits per heavy atom. The van der Waals surface area contributed by atoms with E-state index in [1.54, 1.807) is 7.11 Å². The highest BCUT2D eigenvalue weighted by Gasteiger charge is 2.22. The number of hydrogen-bond donors (Lipinski definition) is 1. The molecule has 2 N–H and O–H groups in total. The largest absolute Gasteiger partial charge is 0.497 e. The van der Waals surface area contributed by atoms with Gasteiger partial charge in [0.15, 0.2) is 0 Å². The van der Waals surface area contributed by atoms with Crippen LogP contribution < -0.4 is 10.5 Å². The lowest BCUT2D eigenvalue weighted by molar-refractivity contribution is 0.414. The van der Waals surface area contributed by atoms with Crippen LogP contribution in [0.15, 0.2) is 53.4 Å². The van der Waals surface area contributed by atoms with E-state index in [-0.39, 0.29) is 17.1 Å². The summed E-state index contributed by atoms with van der Waals surface area (Å²) in [5.74, 6) is 0.404. The Morgan fingerprint density at radius 2 is 1.67 bits per heavy atom. The zero-order valence-electron chi connectivity index (χ0n) is 12.0. The minimum absolute atomic E-state index is 0.288.